The number of carboxylic acids is 1. The van der Waals surface area contributed by atoms with Crippen molar-refractivity contribution in [2.75, 3.05) is 32.7 Å². The number of rotatable bonds is 12. The quantitative estimate of drug-likeness (QED) is 0.335. The molecule has 1 amide bonds. The highest BCUT2D eigenvalue weighted by molar-refractivity contribution is 5.78. The van der Waals surface area contributed by atoms with E-state index in [0.717, 1.165) is 5.56 Å². The largest absolute Gasteiger partial charge is 0.508 e. The van der Waals surface area contributed by atoms with E-state index in [-0.39, 0.29) is 30.5 Å². The van der Waals surface area contributed by atoms with Crippen LogP contribution in [-0.4, -0.2) is 64.8 Å². The summed E-state index contributed by atoms with van der Waals surface area (Å²) in [6, 6.07) is 13.8. The van der Waals surface area contributed by atoms with E-state index in [4.69, 9.17) is 5.11 Å². The van der Waals surface area contributed by atoms with Gasteiger partial charge in [-0.2, -0.15) is 0 Å². The molecule has 156 valence electrons. The van der Waals surface area contributed by atoms with E-state index in [2.05, 4.69) is 10.6 Å². The van der Waals surface area contributed by atoms with Crippen LogP contribution in [0.15, 0.2) is 48.5 Å². The average molecular weight is 401 g/mol. The average Bonchev–Trinajstić information content (AvgIpc) is 2.68. The molecule has 2 rings (SSSR count). The standard InChI is InChI=1S/C21H27N3O5/c25-18-7-3-1-5-16(18)9-10-23-20(27)13-22-11-12-24(15-21(28)29)14-17-6-2-4-8-19(17)26/h1-8,22,25-26H,9-15H2,(H,23,27)(H,28,29). The number of carboxylic acid groups (broad SMARTS) is 1. The Hall–Kier alpha value is -3.10. The smallest absolute Gasteiger partial charge is 0.317 e. The minimum absolute atomic E-state index is 0.109. The number of phenolic OH excluding ortho intramolecular Hbond substituents is 2. The number of amides is 1. The highest BCUT2D eigenvalue weighted by Crippen LogP contribution is 2.17. The van der Waals surface area contributed by atoms with Gasteiger partial charge in [0.25, 0.3) is 0 Å². The summed E-state index contributed by atoms with van der Waals surface area (Å²) in [4.78, 5) is 24.7. The van der Waals surface area contributed by atoms with Crippen LogP contribution < -0.4 is 10.6 Å². The first-order valence-electron chi connectivity index (χ1n) is 9.41. The number of phenols is 2. The normalized spacial score (nSPS) is 10.8. The zero-order valence-corrected chi connectivity index (χ0v) is 16.2. The summed E-state index contributed by atoms with van der Waals surface area (Å²) >= 11 is 0. The number of benzene rings is 2. The van der Waals surface area contributed by atoms with Crippen molar-refractivity contribution in [3.05, 3.63) is 59.7 Å². The zero-order chi connectivity index (χ0) is 21.1. The van der Waals surface area contributed by atoms with Gasteiger partial charge in [-0.3, -0.25) is 14.5 Å². The summed E-state index contributed by atoms with van der Waals surface area (Å²) in [5, 5.41) is 34.4. The summed E-state index contributed by atoms with van der Waals surface area (Å²) in [5.41, 5.74) is 1.42. The molecule has 0 fully saturated rings. The molecule has 0 unspecified atom stereocenters. The molecule has 5 N–H and O–H groups in total. The van der Waals surface area contributed by atoms with Crippen molar-refractivity contribution >= 4 is 11.9 Å². The maximum Gasteiger partial charge on any atom is 0.317 e. The van der Waals surface area contributed by atoms with E-state index in [1.807, 2.05) is 6.07 Å². The Labute approximate surface area is 169 Å². The van der Waals surface area contributed by atoms with Crippen molar-refractivity contribution in [2.45, 2.75) is 13.0 Å². The van der Waals surface area contributed by atoms with Crippen LogP contribution in [0.25, 0.3) is 0 Å². The second-order valence-corrected chi connectivity index (χ2v) is 6.64. The van der Waals surface area contributed by atoms with E-state index in [1.54, 1.807) is 47.4 Å². The number of carbonyl (C=O) groups excluding carboxylic acids is 1. The maximum absolute atomic E-state index is 11.9. The van der Waals surface area contributed by atoms with Crippen molar-refractivity contribution < 1.29 is 24.9 Å². The molecule has 0 aliphatic carbocycles. The molecule has 0 aromatic heterocycles. The molecule has 0 bridgehead atoms. The lowest BCUT2D eigenvalue weighted by molar-refractivity contribution is -0.138. The van der Waals surface area contributed by atoms with Crippen LogP contribution in [0.5, 0.6) is 11.5 Å². The number of nitrogens with one attached hydrogen (secondary N) is 2. The summed E-state index contributed by atoms with van der Waals surface area (Å²) in [7, 11) is 0. The molecule has 0 saturated heterocycles. The van der Waals surface area contributed by atoms with Gasteiger partial charge in [-0.15, -0.1) is 0 Å². The molecule has 8 nitrogen and oxygen atoms in total. The van der Waals surface area contributed by atoms with Crippen molar-refractivity contribution in [1.29, 1.82) is 0 Å². The van der Waals surface area contributed by atoms with Gasteiger partial charge in [-0.25, -0.2) is 0 Å². The third-order valence-corrected chi connectivity index (χ3v) is 4.34. The van der Waals surface area contributed by atoms with Crippen molar-refractivity contribution in [3.63, 3.8) is 0 Å². The lowest BCUT2D eigenvalue weighted by atomic mass is 10.1. The molecule has 0 spiro atoms. The number of aliphatic carboxylic acids is 1. The Balaban J connectivity index is 1.69. The third kappa shape index (κ3) is 8.20. The molecule has 29 heavy (non-hydrogen) atoms. The summed E-state index contributed by atoms with van der Waals surface area (Å²) in [6.45, 7) is 1.49. The second kappa shape index (κ2) is 11.7. The van der Waals surface area contributed by atoms with Gasteiger partial charge < -0.3 is 26.0 Å². The Morgan fingerprint density at radius 3 is 2.14 bits per heavy atom. The first kappa shape index (κ1) is 22.2. The first-order valence-corrected chi connectivity index (χ1v) is 9.41. The van der Waals surface area contributed by atoms with Crippen LogP contribution >= 0.6 is 0 Å². The van der Waals surface area contributed by atoms with Gasteiger partial charge in [0.2, 0.25) is 5.91 Å². The fraction of sp³-hybridized carbons (Fsp3) is 0.333. The molecule has 0 atom stereocenters. The molecule has 2 aromatic rings. The lowest BCUT2D eigenvalue weighted by Crippen LogP contribution is -2.39. The fourth-order valence-corrected chi connectivity index (χ4v) is 2.85. The molecule has 0 aliphatic rings. The number of hydrogen-bond donors (Lipinski definition) is 5. The van der Waals surface area contributed by atoms with Gasteiger partial charge in [0.15, 0.2) is 0 Å². The minimum Gasteiger partial charge on any atom is -0.508 e. The van der Waals surface area contributed by atoms with Crippen molar-refractivity contribution in [1.82, 2.24) is 15.5 Å². The van der Waals surface area contributed by atoms with Gasteiger partial charge in [-0.05, 0) is 24.1 Å². The number of hydrogen-bond acceptors (Lipinski definition) is 6. The van der Waals surface area contributed by atoms with E-state index in [1.165, 1.54) is 0 Å². The summed E-state index contributed by atoms with van der Waals surface area (Å²) in [6.07, 6.45) is 0.533. The molecule has 2 aromatic carbocycles. The Kier molecular flexibility index (Phi) is 8.94. The van der Waals surface area contributed by atoms with Crippen LogP contribution in [0, 0.1) is 0 Å². The van der Waals surface area contributed by atoms with E-state index < -0.39 is 5.97 Å². The van der Waals surface area contributed by atoms with E-state index >= 15 is 0 Å². The van der Waals surface area contributed by atoms with Gasteiger partial charge in [0.05, 0.1) is 13.1 Å². The first-order chi connectivity index (χ1) is 14.0. The molecular formula is C21H27N3O5. The molecular weight excluding hydrogens is 374 g/mol. The molecule has 0 radical (unpaired) electrons. The summed E-state index contributed by atoms with van der Waals surface area (Å²) < 4.78 is 0. The number of nitrogens with zero attached hydrogens (tertiary/aromatic N) is 1. The Morgan fingerprint density at radius 2 is 1.52 bits per heavy atom. The highest BCUT2D eigenvalue weighted by Gasteiger charge is 2.12. The topological polar surface area (TPSA) is 122 Å². The van der Waals surface area contributed by atoms with Gasteiger partial charge >= 0.3 is 5.97 Å². The van der Waals surface area contributed by atoms with Gasteiger partial charge in [0, 0.05) is 31.7 Å². The van der Waals surface area contributed by atoms with Gasteiger partial charge in [-0.1, -0.05) is 36.4 Å². The lowest BCUT2D eigenvalue weighted by Gasteiger charge is -2.21. The third-order valence-electron chi connectivity index (χ3n) is 4.34. The predicted molar refractivity (Wildman–Crippen MR) is 109 cm³/mol. The molecule has 0 heterocycles. The minimum atomic E-state index is -0.956. The highest BCUT2D eigenvalue weighted by atomic mass is 16.4. The van der Waals surface area contributed by atoms with Crippen LogP contribution in [-0.2, 0) is 22.6 Å². The maximum atomic E-state index is 11.9. The zero-order valence-electron chi connectivity index (χ0n) is 16.2. The number of carbonyl (C=O) groups is 2. The van der Waals surface area contributed by atoms with Crippen molar-refractivity contribution in [3.8, 4) is 11.5 Å². The monoisotopic (exact) mass is 401 g/mol. The predicted octanol–water partition coefficient (Wildman–Crippen LogP) is 0.933. The molecule has 8 heteroatoms. The van der Waals surface area contributed by atoms with Crippen LogP contribution in [0.1, 0.15) is 11.1 Å². The van der Waals surface area contributed by atoms with Crippen LogP contribution in [0.2, 0.25) is 0 Å². The second-order valence-electron chi connectivity index (χ2n) is 6.64. The van der Waals surface area contributed by atoms with Crippen LogP contribution in [0.4, 0.5) is 0 Å². The van der Waals surface area contributed by atoms with E-state index in [0.29, 0.717) is 38.2 Å². The van der Waals surface area contributed by atoms with E-state index in [9.17, 15) is 19.8 Å². The summed E-state index contributed by atoms with van der Waals surface area (Å²) in [5.74, 6) is -0.796. The van der Waals surface area contributed by atoms with Crippen molar-refractivity contribution in [2.24, 2.45) is 0 Å². The SMILES string of the molecule is O=C(O)CN(CCNCC(=O)NCCc1ccccc1O)Cc1ccccc1O. The number of para-hydroxylation sites is 2. The molecule has 0 aliphatic heterocycles. The van der Waals surface area contributed by atoms with Gasteiger partial charge in [0.1, 0.15) is 11.5 Å². The Morgan fingerprint density at radius 1 is 0.897 bits per heavy atom. The number of aromatic hydroxyl groups is 2. The Bertz CT molecular complexity index is 812. The molecule has 0 saturated carbocycles. The van der Waals surface area contributed by atoms with Crippen LogP contribution in [0.3, 0.4) is 0 Å². The fourth-order valence-electron chi connectivity index (χ4n) is 2.85.